The first kappa shape index (κ1) is 14.5. The van der Waals surface area contributed by atoms with Crippen LogP contribution in [0.25, 0.3) is 0 Å². The van der Waals surface area contributed by atoms with Crippen LogP contribution in [-0.2, 0) is 7.05 Å². The van der Waals surface area contributed by atoms with E-state index in [2.05, 4.69) is 10.5 Å². The fourth-order valence-corrected chi connectivity index (χ4v) is 2.42. The summed E-state index contributed by atoms with van der Waals surface area (Å²) in [7, 11) is 3.31. The highest BCUT2D eigenvalue weighted by atomic mass is 19.1. The van der Waals surface area contributed by atoms with Crippen molar-refractivity contribution in [3.05, 3.63) is 46.5 Å². The van der Waals surface area contributed by atoms with E-state index in [-0.39, 0.29) is 11.8 Å². The van der Waals surface area contributed by atoms with Crippen LogP contribution in [0.15, 0.2) is 18.2 Å². The average Bonchev–Trinajstić information content (AvgIpc) is 2.66. The Balaban J connectivity index is 2.50. The second kappa shape index (κ2) is 5.60. The van der Waals surface area contributed by atoms with Gasteiger partial charge in [0.15, 0.2) is 11.6 Å². The van der Waals surface area contributed by atoms with Crippen LogP contribution in [0, 0.1) is 19.7 Å². The molecule has 6 heteroatoms. The van der Waals surface area contributed by atoms with E-state index in [1.54, 1.807) is 16.8 Å². The smallest absolute Gasteiger partial charge is 0.165 e. The lowest BCUT2D eigenvalue weighted by Crippen LogP contribution is -2.29. The van der Waals surface area contributed by atoms with Gasteiger partial charge in [0, 0.05) is 18.3 Å². The van der Waals surface area contributed by atoms with Gasteiger partial charge in [-0.25, -0.2) is 9.82 Å². The molecule has 20 heavy (non-hydrogen) atoms. The summed E-state index contributed by atoms with van der Waals surface area (Å²) in [4.78, 5) is 0. The van der Waals surface area contributed by atoms with Gasteiger partial charge in [-0.3, -0.25) is 10.5 Å². The summed E-state index contributed by atoms with van der Waals surface area (Å²) >= 11 is 0. The molecule has 0 aliphatic rings. The summed E-state index contributed by atoms with van der Waals surface area (Å²) in [6.45, 7) is 3.87. The topological polar surface area (TPSA) is 65.1 Å². The number of ether oxygens (including phenoxy) is 1. The van der Waals surface area contributed by atoms with Gasteiger partial charge in [-0.1, -0.05) is 6.07 Å². The molecule has 1 heterocycles. The summed E-state index contributed by atoms with van der Waals surface area (Å²) in [5.41, 5.74) is 6.27. The van der Waals surface area contributed by atoms with Crippen molar-refractivity contribution in [3.63, 3.8) is 0 Å². The van der Waals surface area contributed by atoms with Crippen LogP contribution in [-0.4, -0.2) is 16.9 Å². The number of rotatable bonds is 4. The fourth-order valence-electron chi connectivity index (χ4n) is 2.42. The Morgan fingerprint density at radius 1 is 1.40 bits per heavy atom. The predicted octanol–water partition coefficient (Wildman–Crippen LogP) is 1.74. The highest BCUT2D eigenvalue weighted by Gasteiger charge is 2.21. The van der Waals surface area contributed by atoms with Crippen molar-refractivity contribution in [3.8, 4) is 5.75 Å². The van der Waals surface area contributed by atoms with E-state index in [9.17, 15) is 4.39 Å². The molecule has 2 rings (SSSR count). The molecule has 0 spiro atoms. The van der Waals surface area contributed by atoms with Crippen LogP contribution in [0.5, 0.6) is 5.75 Å². The maximum absolute atomic E-state index is 13.9. The average molecular weight is 278 g/mol. The monoisotopic (exact) mass is 278 g/mol. The van der Waals surface area contributed by atoms with Crippen LogP contribution in [0.1, 0.15) is 28.6 Å². The molecule has 3 N–H and O–H groups in total. The number of nitrogens with one attached hydrogen (secondary N) is 1. The molecule has 0 saturated carbocycles. The number of nitrogens with two attached hydrogens (primary N) is 1. The minimum Gasteiger partial charge on any atom is -0.494 e. The summed E-state index contributed by atoms with van der Waals surface area (Å²) in [6.07, 6.45) is 0. The molecule has 0 amide bonds. The number of hydrogen-bond donors (Lipinski definition) is 2. The number of hydrogen-bond acceptors (Lipinski definition) is 4. The zero-order valence-electron chi connectivity index (χ0n) is 12.1. The van der Waals surface area contributed by atoms with Crippen molar-refractivity contribution >= 4 is 0 Å². The molecule has 0 aliphatic heterocycles. The highest BCUT2D eigenvalue weighted by molar-refractivity contribution is 5.39. The molecule has 1 unspecified atom stereocenters. The second-order valence-corrected chi connectivity index (χ2v) is 4.70. The van der Waals surface area contributed by atoms with Crippen molar-refractivity contribution in [1.82, 2.24) is 15.2 Å². The SMILES string of the molecule is COc1ccc(C(NN)c2c(C)nn(C)c2C)cc1F. The molecular formula is C14H19FN4O. The van der Waals surface area contributed by atoms with Gasteiger partial charge in [0.2, 0.25) is 0 Å². The standard InChI is InChI=1S/C14H19FN4O/c1-8-13(9(2)19(3)18-8)14(17-16)10-5-6-12(20-4)11(15)7-10/h5-7,14,17H,16H2,1-4H3. The number of hydrazine groups is 1. The van der Waals surface area contributed by atoms with Crippen LogP contribution < -0.4 is 16.0 Å². The number of aromatic nitrogens is 2. The Labute approximate surface area is 117 Å². The first-order valence-corrected chi connectivity index (χ1v) is 6.29. The Bertz CT molecular complexity index is 624. The van der Waals surface area contributed by atoms with Crippen molar-refractivity contribution in [2.75, 3.05) is 7.11 Å². The number of aryl methyl sites for hydroxylation is 2. The molecule has 2 aromatic rings. The molecule has 5 nitrogen and oxygen atoms in total. The van der Waals surface area contributed by atoms with E-state index >= 15 is 0 Å². The molecule has 108 valence electrons. The van der Waals surface area contributed by atoms with Gasteiger partial charge in [0.1, 0.15) is 0 Å². The minimum absolute atomic E-state index is 0.212. The summed E-state index contributed by atoms with van der Waals surface area (Å²) in [5.74, 6) is 5.46. The van der Waals surface area contributed by atoms with E-state index in [4.69, 9.17) is 10.6 Å². The summed E-state index contributed by atoms with van der Waals surface area (Å²) in [6, 6.07) is 4.49. The first-order valence-electron chi connectivity index (χ1n) is 6.29. The number of methoxy groups -OCH3 is 1. The predicted molar refractivity (Wildman–Crippen MR) is 74.8 cm³/mol. The number of nitrogens with zero attached hydrogens (tertiary/aromatic N) is 2. The molecule has 0 saturated heterocycles. The maximum atomic E-state index is 13.9. The van der Waals surface area contributed by atoms with E-state index in [0.717, 1.165) is 22.5 Å². The van der Waals surface area contributed by atoms with E-state index in [0.29, 0.717) is 0 Å². The lowest BCUT2D eigenvalue weighted by Gasteiger charge is -2.18. The van der Waals surface area contributed by atoms with Gasteiger partial charge in [-0.15, -0.1) is 0 Å². The number of benzene rings is 1. The Morgan fingerprint density at radius 2 is 2.10 bits per heavy atom. The van der Waals surface area contributed by atoms with Gasteiger partial charge in [0.25, 0.3) is 0 Å². The Hall–Kier alpha value is -1.92. The minimum atomic E-state index is -0.413. The highest BCUT2D eigenvalue weighted by Crippen LogP contribution is 2.29. The van der Waals surface area contributed by atoms with Crippen molar-refractivity contribution in [2.24, 2.45) is 12.9 Å². The number of halogens is 1. The van der Waals surface area contributed by atoms with E-state index in [1.165, 1.54) is 13.2 Å². The van der Waals surface area contributed by atoms with E-state index < -0.39 is 5.82 Å². The molecule has 0 radical (unpaired) electrons. The molecule has 1 aromatic carbocycles. The van der Waals surface area contributed by atoms with Crippen molar-refractivity contribution in [1.29, 1.82) is 0 Å². The van der Waals surface area contributed by atoms with Gasteiger partial charge in [-0.2, -0.15) is 5.10 Å². The first-order chi connectivity index (χ1) is 9.49. The van der Waals surface area contributed by atoms with Gasteiger partial charge >= 0.3 is 0 Å². The van der Waals surface area contributed by atoms with Crippen LogP contribution in [0.3, 0.4) is 0 Å². The zero-order chi connectivity index (χ0) is 14.9. The normalized spacial score (nSPS) is 12.5. The van der Waals surface area contributed by atoms with Crippen LogP contribution in [0.2, 0.25) is 0 Å². The third-order valence-corrected chi connectivity index (χ3v) is 3.53. The van der Waals surface area contributed by atoms with E-state index in [1.807, 2.05) is 20.9 Å². The summed E-state index contributed by atoms with van der Waals surface area (Å²) < 4.78 is 20.6. The Morgan fingerprint density at radius 3 is 2.55 bits per heavy atom. The fraction of sp³-hybridized carbons (Fsp3) is 0.357. The molecule has 0 bridgehead atoms. The molecular weight excluding hydrogens is 259 g/mol. The summed E-state index contributed by atoms with van der Waals surface area (Å²) in [5, 5.41) is 4.36. The zero-order valence-corrected chi connectivity index (χ0v) is 12.1. The van der Waals surface area contributed by atoms with Crippen LogP contribution in [0.4, 0.5) is 4.39 Å². The molecule has 0 fully saturated rings. The lowest BCUT2D eigenvalue weighted by atomic mass is 9.97. The van der Waals surface area contributed by atoms with Crippen molar-refractivity contribution in [2.45, 2.75) is 19.9 Å². The van der Waals surface area contributed by atoms with Crippen LogP contribution >= 0.6 is 0 Å². The second-order valence-electron chi connectivity index (χ2n) is 4.70. The Kier molecular flexibility index (Phi) is 4.06. The largest absolute Gasteiger partial charge is 0.494 e. The van der Waals surface area contributed by atoms with Gasteiger partial charge in [-0.05, 0) is 31.5 Å². The van der Waals surface area contributed by atoms with Gasteiger partial charge < -0.3 is 4.74 Å². The molecule has 1 aromatic heterocycles. The molecule has 0 aliphatic carbocycles. The quantitative estimate of drug-likeness (QED) is 0.660. The third-order valence-electron chi connectivity index (χ3n) is 3.53. The maximum Gasteiger partial charge on any atom is 0.165 e. The van der Waals surface area contributed by atoms with Gasteiger partial charge in [0.05, 0.1) is 18.8 Å². The molecule has 1 atom stereocenters. The third kappa shape index (κ3) is 2.39. The van der Waals surface area contributed by atoms with Crippen molar-refractivity contribution < 1.29 is 9.13 Å². The lowest BCUT2D eigenvalue weighted by molar-refractivity contribution is 0.385.